The van der Waals surface area contributed by atoms with Crippen LogP contribution in [-0.2, 0) is 4.74 Å². The van der Waals surface area contributed by atoms with Gasteiger partial charge >= 0.3 is 0 Å². The lowest BCUT2D eigenvalue weighted by molar-refractivity contribution is 0.0480. The van der Waals surface area contributed by atoms with Gasteiger partial charge in [0.15, 0.2) is 0 Å². The van der Waals surface area contributed by atoms with Crippen LogP contribution in [0.25, 0.3) is 0 Å². The number of hydrogen-bond acceptors (Lipinski definition) is 3. The molecule has 3 rings (SSSR count). The molecule has 3 saturated heterocycles. The van der Waals surface area contributed by atoms with Gasteiger partial charge in [0.25, 0.3) is 0 Å². The molecule has 1 N–H and O–H groups in total. The van der Waals surface area contributed by atoms with Crippen LogP contribution in [0.4, 0.5) is 0 Å². The molecule has 3 fully saturated rings. The van der Waals surface area contributed by atoms with Crippen LogP contribution in [-0.4, -0.2) is 49.3 Å². The van der Waals surface area contributed by atoms with Crippen LogP contribution in [0, 0.1) is 0 Å². The maximum Gasteiger partial charge on any atom is 0.0576 e. The molecule has 0 aromatic carbocycles. The summed E-state index contributed by atoms with van der Waals surface area (Å²) in [5, 5.41) is 3.81. The largest absolute Gasteiger partial charge is 0.378 e. The summed E-state index contributed by atoms with van der Waals surface area (Å²) in [6.45, 7) is 2.18. The van der Waals surface area contributed by atoms with E-state index in [9.17, 15) is 0 Å². The maximum atomic E-state index is 5.69. The molecule has 3 aliphatic heterocycles. The van der Waals surface area contributed by atoms with E-state index in [-0.39, 0.29) is 0 Å². The molecular weight excluding hydrogens is 236 g/mol. The molecule has 3 heterocycles. The van der Waals surface area contributed by atoms with Crippen molar-refractivity contribution in [3.63, 3.8) is 0 Å². The standard InChI is InChI=1S/C16H30N2O/c1-18-14-5-2-6-15(18)12-13(11-14)17-9-3-7-16-8-4-10-19-16/h13-17H,2-12H2,1H3. The highest BCUT2D eigenvalue weighted by Gasteiger charge is 2.35. The highest BCUT2D eigenvalue weighted by Crippen LogP contribution is 2.32. The molecule has 3 nitrogen and oxygen atoms in total. The third-order valence-corrected chi connectivity index (χ3v) is 5.50. The lowest BCUT2D eigenvalue weighted by Crippen LogP contribution is -2.54. The lowest BCUT2D eigenvalue weighted by atomic mass is 9.82. The molecule has 2 bridgehead atoms. The molecule has 19 heavy (non-hydrogen) atoms. The third kappa shape index (κ3) is 3.50. The van der Waals surface area contributed by atoms with Gasteiger partial charge in [-0.2, -0.15) is 0 Å². The summed E-state index contributed by atoms with van der Waals surface area (Å²) in [7, 11) is 2.34. The van der Waals surface area contributed by atoms with E-state index >= 15 is 0 Å². The minimum atomic E-state index is 0.568. The number of fused-ring (bicyclic) bond motifs is 2. The Kier molecular flexibility index (Phi) is 4.78. The summed E-state index contributed by atoms with van der Waals surface area (Å²) >= 11 is 0. The van der Waals surface area contributed by atoms with Crippen LogP contribution in [0.3, 0.4) is 0 Å². The SMILES string of the molecule is CN1C2CCCC1CC(NCCCC1CCCO1)C2. The second kappa shape index (κ2) is 6.55. The molecule has 0 saturated carbocycles. The minimum Gasteiger partial charge on any atom is -0.378 e. The van der Waals surface area contributed by atoms with E-state index in [1.54, 1.807) is 0 Å². The fourth-order valence-electron chi connectivity index (χ4n) is 4.29. The van der Waals surface area contributed by atoms with Crippen LogP contribution < -0.4 is 5.32 Å². The monoisotopic (exact) mass is 266 g/mol. The maximum absolute atomic E-state index is 5.69. The number of nitrogens with one attached hydrogen (secondary N) is 1. The number of rotatable bonds is 5. The fraction of sp³-hybridized carbons (Fsp3) is 1.00. The van der Waals surface area contributed by atoms with E-state index in [4.69, 9.17) is 4.74 Å². The molecule has 3 heteroatoms. The molecule has 0 aromatic rings. The summed E-state index contributed by atoms with van der Waals surface area (Å²) in [6.07, 6.45) is 12.7. The van der Waals surface area contributed by atoms with Gasteiger partial charge in [0.05, 0.1) is 6.10 Å². The second-order valence-corrected chi connectivity index (χ2v) is 6.80. The van der Waals surface area contributed by atoms with Gasteiger partial charge in [-0.05, 0) is 65.0 Å². The van der Waals surface area contributed by atoms with Crippen molar-refractivity contribution in [1.82, 2.24) is 10.2 Å². The molecule has 0 amide bonds. The van der Waals surface area contributed by atoms with Gasteiger partial charge in [-0.1, -0.05) is 6.42 Å². The van der Waals surface area contributed by atoms with E-state index in [2.05, 4.69) is 17.3 Å². The lowest BCUT2D eigenvalue weighted by Gasteiger charge is -2.47. The van der Waals surface area contributed by atoms with Crippen LogP contribution in [0.15, 0.2) is 0 Å². The van der Waals surface area contributed by atoms with Gasteiger partial charge in [0.2, 0.25) is 0 Å². The number of piperidine rings is 2. The fourth-order valence-corrected chi connectivity index (χ4v) is 4.29. The van der Waals surface area contributed by atoms with Crippen LogP contribution in [0.2, 0.25) is 0 Å². The van der Waals surface area contributed by atoms with Crippen molar-refractivity contribution < 1.29 is 4.74 Å². The Morgan fingerprint density at radius 2 is 1.89 bits per heavy atom. The molecule has 0 radical (unpaired) electrons. The highest BCUT2D eigenvalue weighted by molar-refractivity contribution is 4.93. The summed E-state index contributed by atoms with van der Waals surface area (Å²) in [5.74, 6) is 0. The van der Waals surface area contributed by atoms with E-state index in [1.165, 1.54) is 64.3 Å². The molecule has 0 spiro atoms. The quantitative estimate of drug-likeness (QED) is 0.774. The average Bonchev–Trinajstić information content (AvgIpc) is 2.88. The van der Waals surface area contributed by atoms with Crippen molar-refractivity contribution in [2.24, 2.45) is 0 Å². The van der Waals surface area contributed by atoms with Gasteiger partial charge in [-0.15, -0.1) is 0 Å². The van der Waals surface area contributed by atoms with Crippen molar-refractivity contribution in [1.29, 1.82) is 0 Å². The Labute approximate surface area is 118 Å². The predicted octanol–water partition coefficient (Wildman–Crippen LogP) is 2.55. The zero-order valence-corrected chi connectivity index (χ0v) is 12.4. The van der Waals surface area contributed by atoms with Crippen LogP contribution in [0.1, 0.15) is 57.8 Å². The molecule has 3 atom stereocenters. The first kappa shape index (κ1) is 13.8. The normalized spacial score (nSPS) is 39.6. The molecule has 0 aromatic heterocycles. The number of nitrogens with zero attached hydrogens (tertiary/aromatic N) is 1. The second-order valence-electron chi connectivity index (χ2n) is 6.80. The zero-order chi connectivity index (χ0) is 13.1. The summed E-state index contributed by atoms with van der Waals surface area (Å²) in [6, 6.07) is 2.47. The first-order chi connectivity index (χ1) is 9.33. The van der Waals surface area contributed by atoms with Crippen LogP contribution in [0.5, 0.6) is 0 Å². The molecule has 0 aliphatic carbocycles. The Balaban J connectivity index is 1.34. The summed E-state index contributed by atoms with van der Waals surface area (Å²) in [4.78, 5) is 2.65. The minimum absolute atomic E-state index is 0.568. The predicted molar refractivity (Wildman–Crippen MR) is 78.4 cm³/mol. The topological polar surface area (TPSA) is 24.5 Å². The Morgan fingerprint density at radius 1 is 1.11 bits per heavy atom. The summed E-state index contributed by atoms with van der Waals surface area (Å²) < 4.78 is 5.69. The molecule has 110 valence electrons. The van der Waals surface area contributed by atoms with Crippen molar-refractivity contribution in [3.05, 3.63) is 0 Å². The third-order valence-electron chi connectivity index (χ3n) is 5.50. The van der Waals surface area contributed by atoms with E-state index in [0.717, 1.165) is 24.7 Å². The highest BCUT2D eigenvalue weighted by atomic mass is 16.5. The Bertz CT molecular complexity index is 264. The van der Waals surface area contributed by atoms with Gasteiger partial charge in [-0.3, -0.25) is 0 Å². The van der Waals surface area contributed by atoms with Gasteiger partial charge in [0.1, 0.15) is 0 Å². The van der Waals surface area contributed by atoms with Gasteiger partial charge < -0.3 is 15.0 Å². The van der Waals surface area contributed by atoms with Gasteiger partial charge in [0, 0.05) is 24.7 Å². The molecular formula is C16H30N2O. The van der Waals surface area contributed by atoms with Crippen molar-refractivity contribution in [2.75, 3.05) is 20.2 Å². The smallest absolute Gasteiger partial charge is 0.0576 e. The van der Waals surface area contributed by atoms with E-state index in [0.29, 0.717) is 6.10 Å². The number of hydrogen-bond donors (Lipinski definition) is 1. The first-order valence-corrected chi connectivity index (χ1v) is 8.40. The van der Waals surface area contributed by atoms with E-state index < -0.39 is 0 Å². The van der Waals surface area contributed by atoms with Crippen LogP contribution >= 0.6 is 0 Å². The Hall–Kier alpha value is -0.120. The van der Waals surface area contributed by atoms with E-state index in [1.807, 2.05) is 0 Å². The molecule has 3 unspecified atom stereocenters. The first-order valence-electron chi connectivity index (χ1n) is 8.40. The average molecular weight is 266 g/mol. The number of ether oxygens (including phenoxy) is 1. The van der Waals surface area contributed by atoms with Crippen molar-refractivity contribution >= 4 is 0 Å². The Morgan fingerprint density at radius 3 is 2.58 bits per heavy atom. The summed E-state index contributed by atoms with van der Waals surface area (Å²) in [5.41, 5.74) is 0. The molecule has 3 aliphatic rings. The van der Waals surface area contributed by atoms with Gasteiger partial charge in [-0.25, -0.2) is 0 Å². The zero-order valence-electron chi connectivity index (χ0n) is 12.4. The van der Waals surface area contributed by atoms with Crippen molar-refractivity contribution in [2.45, 2.75) is 82.0 Å². The van der Waals surface area contributed by atoms with Crippen molar-refractivity contribution in [3.8, 4) is 0 Å².